The molecule has 1 aliphatic rings. The van der Waals surface area contributed by atoms with Gasteiger partial charge in [-0.05, 0) is 42.0 Å². The number of hydrogen-bond acceptors (Lipinski definition) is 4. The van der Waals surface area contributed by atoms with Gasteiger partial charge in [-0.1, -0.05) is 23.4 Å². The van der Waals surface area contributed by atoms with E-state index in [0.29, 0.717) is 0 Å². The lowest BCUT2D eigenvalue weighted by Gasteiger charge is -2.24. The molecule has 5 heteroatoms. The maximum Gasteiger partial charge on any atom is 0.254 e. The van der Waals surface area contributed by atoms with Crippen LogP contribution in [0.3, 0.4) is 0 Å². The number of rotatable bonds is 4. The van der Waals surface area contributed by atoms with Gasteiger partial charge in [0.25, 0.3) is 5.91 Å². The van der Waals surface area contributed by atoms with Crippen LogP contribution in [0.25, 0.3) is 0 Å². The zero-order valence-corrected chi connectivity index (χ0v) is 13.3. The molecule has 1 amide bonds. The molecule has 0 aliphatic carbocycles. The summed E-state index contributed by atoms with van der Waals surface area (Å²) in [5.74, 6) is 0.103. The van der Waals surface area contributed by atoms with E-state index in [4.69, 9.17) is 0 Å². The highest BCUT2D eigenvalue weighted by atomic mass is 32.1. The van der Waals surface area contributed by atoms with Crippen molar-refractivity contribution < 1.29 is 9.63 Å². The van der Waals surface area contributed by atoms with Crippen molar-refractivity contribution in [3.05, 3.63) is 57.8 Å². The number of thiophene rings is 1. The molecule has 0 N–H and O–H groups in total. The summed E-state index contributed by atoms with van der Waals surface area (Å²) in [6.45, 7) is 0.828. The predicted molar refractivity (Wildman–Crippen MR) is 88.4 cm³/mol. The molecule has 1 saturated heterocycles. The number of nitrogens with zero attached hydrogens (tertiary/aromatic N) is 2. The van der Waals surface area contributed by atoms with E-state index in [2.05, 4.69) is 21.4 Å². The minimum atomic E-state index is 0.103. The number of hydrogen-bond donors (Lipinski definition) is 0. The van der Waals surface area contributed by atoms with E-state index in [1.54, 1.807) is 17.6 Å². The van der Waals surface area contributed by atoms with E-state index in [0.717, 1.165) is 30.5 Å². The van der Waals surface area contributed by atoms with Gasteiger partial charge in [0.05, 0.1) is 12.3 Å². The zero-order valence-electron chi connectivity index (χ0n) is 12.4. The number of amides is 1. The number of carbonyl (C=O) groups is 1. The lowest BCUT2D eigenvalue weighted by Crippen LogP contribution is -2.30. The van der Waals surface area contributed by atoms with Crippen LogP contribution in [0.2, 0.25) is 0 Å². The minimum absolute atomic E-state index is 0.103. The smallest absolute Gasteiger partial charge is 0.254 e. The Bertz CT molecular complexity index is 650. The van der Waals surface area contributed by atoms with Crippen molar-refractivity contribution in [1.29, 1.82) is 0 Å². The normalized spacial score (nSPS) is 18.0. The molecule has 114 valence electrons. The quantitative estimate of drug-likeness (QED) is 0.638. The van der Waals surface area contributed by atoms with Gasteiger partial charge >= 0.3 is 0 Å². The van der Waals surface area contributed by atoms with E-state index in [1.165, 1.54) is 12.0 Å². The molecular weight excluding hydrogens is 296 g/mol. The SMILES string of the molecule is CO/N=C/c1ccc(C(=O)N2CCCC2c2cccs2)cc1. The molecule has 1 aromatic carbocycles. The van der Waals surface area contributed by atoms with Crippen molar-refractivity contribution >= 4 is 23.5 Å². The van der Waals surface area contributed by atoms with Gasteiger partial charge in [-0.15, -0.1) is 11.3 Å². The Morgan fingerprint density at radius 3 is 2.86 bits per heavy atom. The largest absolute Gasteiger partial charge is 0.399 e. The second-order valence-corrected chi connectivity index (χ2v) is 6.19. The van der Waals surface area contributed by atoms with Gasteiger partial charge in [-0.2, -0.15) is 0 Å². The van der Waals surface area contributed by atoms with Crippen LogP contribution in [-0.4, -0.2) is 30.7 Å². The first-order valence-corrected chi connectivity index (χ1v) is 8.18. The van der Waals surface area contributed by atoms with Crippen molar-refractivity contribution in [2.24, 2.45) is 5.16 Å². The molecule has 1 aliphatic heterocycles. The van der Waals surface area contributed by atoms with E-state index in [9.17, 15) is 4.79 Å². The number of oxime groups is 1. The van der Waals surface area contributed by atoms with Crippen molar-refractivity contribution in [3.8, 4) is 0 Å². The van der Waals surface area contributed by atoms with Crippen LogP contribution in [0.4, 0.5) is 0 Å². The van der Waals surface area contributed by atoms with Crippen molar-refractivity contribution in [3.63, 3.8) is 0 Å². The standard InChI is InChI=1S/C17H18N2O2S/c1-21-18-12-13-6-8-14(9-7-13)17(20)19-10-2-4-15(19)16-5-3-11-22-16/h3,5-9,11-12,15H,2,4,10H2,1H3/b18-12+. The molecule has 0 radical (unpaired) electrons. The van der Waals surface area contributed by atoms with E-state index < -0.39 is 0 Å². The van der Waals surface area contributed by atoms with Gasteiger partial charge in [0.2, 0.25) is 0 Å². The third-order valence-corrected chi connectivity index (χ3v) is 4.82. The monoisotopic (exact) mass is 314 g/mol. The van der Waals surface area contributed by atoms with Crippen LogP contribution < -0.4 is 0 Å². The Morgan fingerprint density at radius 1 is 1.36 bits per heavy atom. The Hall–Kier alpha value is -2.14. The fraction of sp³-hybridized carbons (Fsp3) is 0.294. The fourth-order valence-electron chi connectivity index (χ4n) is 2.78. The summed E-state index contributed by atoms with van der Waals surface area (Å²) in [6, 6.07) is 11.8. The van der Waals surface area contributed by atoms with Gasteiger partial charge in [0.1, 0.15) is 7.11 Å². The highest BCUT2D eigenvalue weighted by Crippen LogP contribution is 2.35. The summed E-state index contributed by atoms with van der Waals surface area (Å²) >= 11 is 1.72. The summed E-state index contributed by atoms with van der Waals surface area (Å²) in [5.41, 5.74) is 1.63. The molecule has 1 unspecified atom stereocenters. The first-order chi connectivity index (χ1) is 10.8. The Labute approximate surface area is 134 Å². The Morgan fingerprint density at radius 2 is 2.18 bits per heavy atom. The van der Waals surface area contributed by atoms with Crippen LogP contribution in [0.1, 0.15) is 39.7 Å². The van der Waals surface area contributed by atoms with Crippen molar-refractivity contribution in [2.75, 3.05) is 13.7 Å². The van der Waals surface area contributed by atoms with Crippen molar-refractivity contribution in [1.82, 2.24) is 4.90 Å². The molecule has 2 heterocycles. The minimum Gasteiger partial charge on any atom is -0.399 e. The highest BCUT2D eigenvalue weighted by molar-refractivity contribution is 7.10. The van der Waals surface area contributed by atoms with Crippen LogP contribution in [-0.2, 0) is 4.84 Å². The summed E-state index contributed by atoms with van der Waals surface area (Å²) in [6.07, 6.45) is 3.73. The van der Waals surface area contributed by atoms with Gasteiger partial charge < -0.3 is 9.74 Å². The fourth-order valence-corrected chi connectivity index (χ4v) is 3.65. The molecule has 1 atom stereocenters. The van der Waals surface area contributed by atoms with Gasteiger partial charge in [0.15, 0.2) is 0 Å². The maximum atomic E-state index is 12.8. The average molecular weight is 314 g/mol. The second-order valence-electron chi connectivity index (χ2n) is 5.21. The molecular formula is C17H18N2O2S. The molecule has 3 rings (SSSR count). The first kappa shape index (κ1) is 14.8. The predicted octanol–water partition coefficient (Wildman–Crippen LogP) is 3.71. The summed E-state index contributed by atoms with van der Waals surface area (Å²) < 4.78 is 0. The Kier molecular flexibility index (Phi) is 4.53. The van der Waals surface area contributed by atoms with Crippen LogP contribution >= 0.6 is 11.3 Å². The lowest BCUT2D eigenvalue weighted by atomic mass is 10.1. The van der Waals surface area contributed by atoms with E-state index in [-0.39, 0.29) is 11.9 Å². The average Bonchev–Trinajstić information content (AvgIpc) is 3.23. The van der Waals surface area contributed by atoms with E-state index in [1.807, 2.05) is 35.2 Å². The molecule has 0 spiro atoms. The molecule has 1 fully saturated rings. The third kappa shape index (κ3) is 3.04. The second kappa shape index (κ2) is 6.75. The molecule has 0 saturated carbocycles. The molecule has 4 nitrogen and oxygen atoms in total. The lowest BCUT2D eigenvalue weighted by molar-refractivity contribution is 0.0738. The van der Waals surface area contributed by atoms with Crippen LogP contribution in [0.5, 0.6) is 0 Å². The topological polar surface area (TPSA) is 41.9 Å². The number of carbonyl (C=O) groups excluding carboxylic acids is 1. The molecule has 22 heavy (non-hydrogen) atoms. The number of likely N-dealkylation sites (tertiary alicyclic amines) is 1. The van der Waals surface area contributed by atoms with Gasteiger partial charge in [-0.3, -0.25) is 4.79 Å². The van der Waals surface area contributed by atoms with Crippen molar-refractivity contribution in [2.45, 2.75) is 18.9 Å². The molecule has 1 aromatic heterocycles. The van der Waals surface area contributed by atoms with Crippen LogP contribution in [0.15, 0.2) is 46.9 Å². The summed E-state index contributed by atoms with van der Waals surface area (Å²) in [7, 11) is 1.51. The van der Waals surface area contributed by atoms with Gasteiger partial charge in [-0.25, -0.2) is 0 Å². The zero-order chi connectivity index (χ0) is 15.4. The third-order valence-electron chi connectivity index (χ3n) is 3.85. The number of benzene rings is 1. The summed E-state index contributed by atoms with van der Waals surface area (Å²) in [4.78, 5) is 20.7. The first-order valence-electron chi connectivity index (χ1n) is 7.30. The van der Waals surface area contributed by atoms with Crippen LogP contribution in [0, 0.1) is 0 Å². The van der Waals surface area contributed by atoms with E-state index >= 15 is 0 Å². The van der Waals surface area contributed by atoms with Gasteiger partial charge in [0, 0.05) is 17.0 Å². The summed E-state index contributed by atoms with van der Waals surface area (Å²) in [5, 5.41) is 5.79. The molecule has 2 aromatic rings. The highest BCUT2D eigenvalue weighted by Gasteiger charge is 2.30. The Balaban J connectivity index is 1.77. The molecule has 0 bridgehead atoms. The maximum absolute atomic E-state index is 12.8.